The summed E-state index contributed by atoms with van der Waals surface area (Å²) in [6.45, 7) is 12.0. The fourth-order valence-corrected chi connectivity index (χ4v) is 2.67. The zero-order valence-electron chi connectivity index (χ0n) is 13.6. The van der Waals surface area contributed by atoms with E-state index in [9.17, 15) is 0 Å². The van der Waals surface area contributed by atoms with Crippen LogP contribution >= 0.6 is 0 Å². The highest BCUT2D eigenvalue weighted by Gasteiger charge is 2.23. The molecule has 0 aliphatic heterocycles. The summed E-state index contributed by atoms with van der Waals surface area (Å²) < 4.78 is 0. The largest absolute Gasteiger partial charge is 0.329 e. The number of nitrogens with two attached hydrogens (primary N) is 1. The lowest BCUT2D eigenvalue weighted by molar-refractivity contribution is 0.266. The summed E-state index contributed by atoms with van der Waals surface area (Å²) >= 11 is 0. The molecule has 0 fully saturated rings. The quantitative estimate of drug-likeness (QED) is 0.902. The molecule has 0 heterocycles. The highest BCUT2D eigenvalue weighted by Crippen LogP contribution is 2.30. The maximum atomic E-state index is 5.94. The van der Waals surface area contributed by atoms with Gasteiger partial charge in [-0.25, -0.2) is 0 Å². The van der Waals surface area contributed by atoms with Crippen LogP contribution in [-0.2, 0) is 5.41 Å². The first-order valence-corrected chi connectivity index (χ1v) is 7.16. The molecular weight excluding hydrogens is 232 g/mol. The molecule has 0 radical (unpaired) electrons. The Balaban J connectivity index is 3.18. The van der Waals surface area contributed by atoms with Gasteiger partial charge in [0, 0.05) is 12.6 Å². The van der Waals surface area contributed by atoms with Gasteiger partial charge in [-0.1, -0.05) is 45.9 Å². The normalized spacial score (nSPS) is 15.6. The van der Waals surface area contributed by atoms with E-state index in [1.807, 2.05) is 0 Å². The number of nitrogens with zero attached hydrogens (tertiary/aromatic N) is 1. The van der Waals surface area contributed by atoms with Gasteiger partial charge in [-0.15, -0.1) is 0 Å². The average Bonchev–Trinajstić information content (AvgIpc) is 2.28. The Bertz CT molecular complexity index is 416. The van der Waals surface area contributed by atoms with E-state index in [1.165, 1.54) is 16.7 Å². The predicted octanol–water partition coefficient (Wildman–Crippen LogP) is 3.28. The van der Waals surface area contributed by atoms with Gasteiger partial charge < -0.3 is 10.6 Å². The summed E-state index contributed by atoms with van der Waals surface area (Å²) in [5.74, 6) is 0.447. The molecule has 0 saturated carbocycles. The molecule has 0 spiro atoms. The molecule has 2 unspecified atom stereocenters. The van der Waals surface area contributed by atoms with Gasteiger partial charge in [0.2, 0.25) is 0 Å². The van der Waals surface area contributed by atoms with E-state index in [0.29, 0.717) is 18.5 Å². The summed E-state index contributed by atoms with van der Waals surface area (Å²) in [5.41, 5.74) is 10.3. The van der Waals surface area contributed by atoms with Crippen molar-refractivity contribution in [2.75, 3.05) is 20.6 Å². The van der Waals surface area contributed by atoms with E-state index in [0.717, 1.165) is 0 Å². The first kappa shape index (κ1) is 16.2. The Hall–Kier alpha value is -0.860. The third-order valence-corrected chi connectivity index (χ3v) is 4.12. The predicted molar refractivity (Wildman–Crippen MR) is 84.8 cm³/mol. The van der Waals surface area contributed by atoms with E-state index in [1.54, 1.807) is 0 Å². The Morgan fingerprint density at radius 2 is 1.79 bits per heavy atom. The summed E-state index contributed by atoms with van der Waals surface area (Å²) in [5, 5.41) is 0. The van der Waals surface area contributed by atoms with Gasteiger partial charge in [0.25, 0.3) is 0 Å². The SMILES string of the molecule is Cc1ccc(C(C)(C)C)cc1C(C)C(CN)N(C)C. The molecule has 2 atom stereocenters. The van der Waals surface area contributed by atoms with Crippen molar-refractivity contribution in [3.63, 3.8) is 0 Å². The molecule has 1 aromatic carbocycles. The number of hydrogen-bond donors (Lipinski definition) is 1. The first-order valence-electron chi connectivity index (χ1n) is 7.16. The maximum absolute atomic E-state index is 5.94. The fraction of sp³-hybridized carbons (Fsp3) is 0.647. The lowest BCUT2D eigenvalue weighted by atomic mass is 9.81. The van der Waals surface area contributed by atoms with Gasteiger partial charge in [0.1, 0.15) is 0 Å². The second-order valence-electron chi connectivity index (χ2n) is 6.88. The standard InChI is InChI=1S/C17H30N2/c1-12-8-9-14(17(3,4)5)10-15(12)13(2)16(11-18)19(6)7/h8-10,13,16H,11,18H2,1-7H3. The van der Waals surface area contributed by atoms with Crippen LogP contribution in [-0.4, -0.2) is 31.6 Å². The Morgan fingerprint density at radius 3 is 2.21 bits per heavy atom. The van der Waals surface area contributed by atoms with Gasteiger partial charge in [0.15, 0.2) is 0 Å². The van der Waals surface area contributed by atoms with Gasteiger partial charge >= 0.3 is 0 Å². The second kappa shape index (κ2) is 6.06. The Kier molecular flexibility index (Phi) is 5.17. The molecule has 0 aliphatic rings. The smallest absolute Gasteiger partial charge is 0.0278 e. The number of likely N-dealkylation sites (N-methyl/N-ethyl adjacent to an activating group) is 1. The third-order valence-electron chi connectivity index (χ3n) is 4.12. The van der Waals surface area contributed by atoms with Crippen molar-refractivity contribution in [2.45, 2.75) is 52.0 Å². The Morgan fingerprint density at radius 1 is 1.21 bits per heavy atom. The number of hydrogen-bond acceptors (Lipinski definition) is 2. The van der Waals surface area contributed by atoms with Crippen molar-refractivity contribution in [1.82, 2.24) is 4.90 Å². The van der Waals surface area contributed by atoms with Crippen LogP contribution in [0.1, 0.15) is 50.3 Å². The topological polar surface area (TPSA) is 29.3 Å². The molecule has 2 N–H and O–H groups in total. The minimum atomic E-state index is 0.193. The third kappa shape index (κ3) is 3.80. The van der Waals surface area contributed by atoms with Crippen LogP contribution in [0.5, 0.6) is 0 Å². The number of aryl methyl sites for hydroxylation is 1. The van der Waals surface area contributed by atoms with Crippen molar-refractivity contribution in [2.24, 2.45) is 5.73 Å². The van der Waals surface area contributed by atoms with Crippen LogP contribution in [0.2, 0.25) is 0 Å². The molecular formula is C17H30N2. The molecule has 2 heteroatoms. The van der Waals surface area contributed by atoms with Crippen molar-refractivity contribution >= 4 is 0 Å². The van der Waals surface area contributed by atoms with E-state index in [2.05, 4.69) is 71.8 Å². The van der Waals surface area contributed by atoms with Crippen LogP contribution < -0.4 is 5.73 Å². The summed E-state index contributed by atoms with van der Waals surface area (Å²) in [6, 6.07) is 7.24. The molecule has 0 amide bonds. The molecule has 108 valence electrons. The molecule has 0 saturated heterocycles. The minimum absolute atomic E-state index is 0.193. The van der Waals surface area contributed by atoms with Gasteiger partial charge in [-0.2, -0.15) is 0 Å². The van der Waals surface area contributed by atoms with Gasteiger partial charge in [0.05, 0.1) is 0 Å². The number of rotatable bonds is 4. The van der Waals surface area contributed by atoms with Gasteiger partial charge in [-0.05, 0) is 49.0 Å². The van der Waals surface area contributed by atoms with Crippen LogP contribution in [0, 0.1) is 6.92 Å². The van der Waals surface area contributed by atoms with Crippen molar-refractivity contribution in [3.8, 4) is 0 Å². The fourth-order valence-electron chi connectivity index (χ4n) is 2.67. The zero-order chi connectivity index (χ0) is 14.8. The summed E-state index contributed by atoms with van der Waals surface area (Å²) in [4.78, 5) is 2.23. The van der Waals surface area contributed by atoms with E-state index in [4.69, 9.17) is 5.73 Å². The van der Waals surface area contributed by atoms with E-state index in [-0.39, 0.29) is 5.41 Å². The zero-order valence-corrected chi connectivity index (χ0v) is 13.6. The maximum Gasteiger partial charge on any atom is 0.0278 e. The minimum Gasteiger partial charge on any atom is -0.329 e. The highest BCUT2D eigenvalue weighted by molar-refractivity contribution is 5.37. The van der Waals surface area contributed by atoms with Crippen LogP contribution in [0.4, 0.5) is 0 Å². The lowest BCUT2D eigenvalue weighted by Gasteiger charge is -2.31. The highest BCUT2D eigenvalue weighted by atomic mass is 15.1. The lowest BCUT2D eigenvalue weighted by Crippen LogP contribution is -2.39. The van der Waals surface area contributed by atoms with E-state index >= 15 is 0 Å². The second-order valence-corrected chi connectivity index (χ2v) is 6.88. The van der Waals surface area contributed by atoms with Crippen LogP contribution in [0.3, 0.4) is 0 Å². The van der Waals surface area contributed by atoms with Crippen LogP contribution in [0.25, 0.3) is 0 Å². The molecule has 1 aromatic rings. The molecule has 1 rings (SSSR count). The molecule has 0 bridgehead atoms. The first-order chi connectivity index (χ1) is 8.68. The summed E-state index contributed by atoms with van der Waals surface area (Å²) in [6.07, 6.45) is 0. The molecule has 0 aliphatic carbocycles. The van der Waals surface area contributed by atoms with Crippen molar-refractivity contribution < 1.29 is 0 Å². The average molecular weight is 262 g/mol. The summed E-state index contributed by atoms with van der Waals surface area (Å²) in [7, 11) is 4.22. The van der Waals surface area contributed by atoms with Crippen LogP contribution in [0.15, 0.2) is 18.2 Å². The van der Waals surface area contributed by atoms with E-state index < -0.39 is 0 Å². The number of benzene rings is 1. The Labute approximate surface area is 119 Å². The van der Waals surface area contributed by atoms with Crippen molar-refractivity contribution in [3.05, 3.63) is 34.9 Å². The molecule has 0 aromatic heterocycles. The monoisotopic (exact) mass is 262 g/mol. The van der Waals surface area contributed by atoms with Crippen molar-refractivity contribution in [1.29, 1.82) is 0 Å². The van der Waals surface area contributed by atoms with Gasteiger partial charge in [-0.3, -0.25) is 0 Å². The molecule has 2 nitrogen and oxygen atoms in total. The molecule has 19 heavy (non-hydrogen) atoms.